The number of fused-ring (bicyclic) bond motifs is 6. The van der Waals surface area contributed by atoms with Gasteiger partial charge in [0, 0.05) is 34.2 Å². The number of rotatable bonds is 4. The van der Waals surface area contributed by atoms with Gasteiger partial charge in [0.2, 0.25) is 0 Å². The van der Waals surface area contributed by atoms with E-state index in [0.29, 0.717) is 17.8 Å². The first-order chi connectivity index (χ1) is 23.2. The number of allylic oxidation sites excluding steroid dienone is 10. The topological polar surface area (TPSA) is 38.7 Å². The molecule has 0 saturated carbocycles. The quantitative estimate of drug-likeness (QED) is 0.188. The lowest BCUT2D eigenvalue weighted by Crippen LogP contribution is -2.39. The summed E-state index contributed by atoms with van der Waals surface area (Å²) in [6.45, 7) is 2.38. The molecule has 0 aliphatic heterocycles. The van der Waals surface area contributed by atoms with Crippen LogP contribution < -0.4 is 0 Å². The minimum Gasteiger partial charge on any atom is -0.256 e. The molecule has 3 aliphatic rings. The molecule has 0 bridgehead atoms. The molecule has 9 rings (SSSR count). The number of hydrogen-bond donors (Lipinski definition) is 0. The van der Waals surface area contributed by atoms with Crippen LogP contribution in [0.2, 0.25) is 0 Å². The van der Waals surface area contributed by atoms with Gasteiger partial charge in [-0.1, -0.05) is 140 Å². The molecule has 47 heavy (non-hydrogen) atoms. The summed E-state index contributed by atoms with van der Waals surface area (Å²) in [6, 6.07) is 36.3. The fourth-order valence-electron chi connectivity index (χ4n) is 7.89. The van der Waals surface area contributed by atoms with E-state index in [-0.39, 0.29) is 5.41 Å². The Hall–Kier alpha value is -5.67. The van der Waals surface area contributed by atoms with E-state index < -0.39 is 0 Å². The molecule has 4 atom stereocenters. The lowest BCUT2D eigenvalue weighted by Gasteiger charge is -2.47. The first kappa shape index (κ1) is 27.6. The highest BCUT2D eigenvalue weighted by Gasteiger charge is 2.46. The minimum atomic E-state index is -0.206. The SMILES string of the molecule is CC12C=CC=CC1C1C=CC=CC1C=C2c1cc(-c2cc3ccccc3c3ccccc23)nc(-c2ccc(-c3ccccn3)cc2)n1. The van der Waals surface area contributed by atoms with Gasteiger partial charge < -0.3 is 0 Å². The van der Waals surface area contributed by atoms with Crippen LogP contribution in [0, 0.1) is 23.2 Å². The first-order valence-corrected chi connectivity index (χ1v) is 16.4. The molecule has 3 heteroatoms. The zero-order valence-electron chi connectivity index (χ0n) is 26.2. The second kappa shape index (κ2) is 11.0. The summed E-state index contributed by atoms with van der Waals surface area (Å²) in [7, 11) is 0. The van der Waals surface area contributed by atoms with Gasteiger partial charge >= 0.3 is 0 Å². The van der Waals surface area contributed by atoms with Crippen LogP contribution >= 0.6 is 0 Å². The summed E-state index contributed by atoms with van der Waals surface area (Å²) in [5.41, 5.74) is 7.07. The number of pyridine rings is 1. The Kier molecular flexibility index (Phi) is 6.46. The van der Waals surface area contributed by atoms with Crippen LogP contribution in [0.15, 0.2) is 164 Å². The van der Waals surface area contributed by atoms with Crippen molar-refractivity contribution in [2.24, 2.45) is 23.2 Å². The van der Waals surface area contributed by atoms with Crippen LogP contribution in [-0.2, 0) is 0 Å². The standard InChI is InChI=1S/C44H33N3/c1-44-24-10-8-18-38(44)34-15-5-3-13-32(34)27-39(44)42-28-41(37-26-31-12-2-4-14-33(31)35-16-6-7-17-36(35)37)46-43(47-42)30-22-20-29(21-23-30)40-19-9-11-25-45-40/h2-28,32,34,38H,1H3. The van der Waals surface area contributed by atoms with Gasteiger partial charge in [0.25, 0.3) is 0 Å². The van der Waals surface area contributed by atoms with Gasteiger partial charge in [0.05, 0.1) is 17.1 Å². The Labute approximate surface area is 275 Å². The molecule has 0 radical (unpaired) electrons. The predicted molar refractivity (Wildman–Crippen MR) is 194 cm³/mol. The van der Waals surface area contributed by atoms with Gasteiger partial charge in [0.1, 0.15) is 0 Å². The highest BCUT2D eigenvalue weighted by Crippen LogP contribution is 2.55. The fourth-order valence-corrected chi connectivity index (χ4v) is 7.89. The van der Waals surface area contributed by atoms with Gasteiger partial charge in [-0.05, 0) is 63.2 Å². The maximum Gasteiger partial charge on any atom is 0.160 e. The van der Waals surface area contributed by atoms with Crippen molar-refractivity contribution in [3.8, 4) is 33.9 Å². The summed E-state index contributed by atoms with van der Waals surface area (Å²) < 4.78 is 0. The van der Waals surface area contributed by atoms with E-state index in [1.165, 1.54) is 27.1 Å². The van der Waals surface area contributed by atoms with E-state index in [1.54, 1.807) is 0 Å². The molecule has 4 aromatic carbocycles. The zero-order chi connectivity index (χ0) is 31.4. The summed E-state index contributed by atoms with van der Waals surface area (Å²) in [5, 5.41) is 4.87. The molecule has 0 spiro atoms. The van der Waals surface area contributed by atoms with Crippen LogP contribution in [0.1, 0.15) is 12.6 Å². The van der Waals surface area contributed by atoms with E-state index in [1.807, 2.05) is 24.4 Å². The van der Waals surface area contributed by atoms with Gasteiger partial charge in [-0.15, -0.1) is 0 Å². The van der Waals surface area contributed by atoms with Gasteiger partial charge in [-0.25, -0.2) is 9.97 Å². The fraction of sp³-hybridized carbons (Fsp3) is 0.114. The van der Waals surface area contributed by atoms with Gasteiger partial charge in [0.15, 0.2) is 5.82 Å². The highest BCUT2D eigenvalue weighted by atomic mass is 14.9. The van der Waals surface area contributed by atoms with Crippen molar-refractivity contribution in [1.82, 2.24) is 15.0 Å². The second-order valence-corrected chi connectivity index (χ2v) is 13.0. The lowest BCUT2D eigenvalue weighted by atomic mass is 9.56. The zero-order valence-corrected chi connectivity index (χ0v) is 26.2. The molecule has 224 valence electrons. The lowest BCUT2D eigenvalue weighted by molar-refractivity contribution is 0.271. The molecule has 0 amide bonds. The number of hydrogen-bond acceptors (Lipinski definition) is 3. The number of aromatic nitrogens is 3. The van der Waals surface area contributed by atoms with Crippen LogP contribution in [-0.4, -0.2) is 15.0 Å². The summed E-state index contributed by atoms with van der Waals surface area (Å²) in [6.07, 6.45) is 22.6. The van der Waals surface area contributed by atoms with Crippen LogP contribution in [0.3, 0.4) is 0 Å². The molecule has 6 aromatic rings. The molecule has 0 fully saturated rings. The largest absolute Gasteiger partial charge is 0.256 e. The Morgan fingerprint density at radius 2 is 1.32 bits per heavy atom. The molecule has 2 aromatic heterocycles. The summed E-state index contributed by atoms with van der Waals surface area (Å²) in [5.74, 6) is 1.78. The molecule has 3 aliphatic carbocycles. The third kappa shape index (κ3) is 4.61. The molecule has 3 nitrogen and oxygen atoms in total. The maximum absolute atomic E-state index is 5.38. The first-order valence-electron chi connectivity index (χ1n) is 16.4. The van der Waals surface area contributed by atoms with Crippen molar-refractivity contribution in [2.45, 2.75) is 6.92 Å². The average molecular weight is 604 g/mol. The summed E-state index contributed by atoms with van der Waals surface area (Å²) in [4.78, 5) is 15.3. The average Bonchev–Trinajstić information content (AvgIpc) is 3.14. The van der Waals surface area contributed by atoms with Crippen LogP contribution in [0.25, 0.3) is 61.0 Å². The Morgan fingerprint density at radius 3 is 2.17 bits per heavy atom. The van der Waals surface area contributed by atoms with Crippen molar-refractivity contribution in [3.63, 3.8) is 0 Å². The van der Waals surface area contributed by atoms with Crippen LogP contribution in [0.4, 0.5) is 0 Å². The maximum atomic E-state index is 5.38. The van der Waals surface area contributed by atoms with E-state index in [2.05, 4.69) is 152 Å². The predicted octanol–water partition coefficient (Wildman–Crippen LogP) is 10.7. The normalized spacial score (nSPS) is 22.7. The molecule has 0 N–H and O–H groups in total. The Morgan fingerprint density at radius 1 is 0.596 bits per heavy atom. The van der Waals surface area contributed by atoms with E-state index in [4.69, 9.17) is 9.97 Å². The van der Waals surface area contributed by atoms with E-state index >= 15 is 0 Å². The van der Waals surface area contributed by atoms with Crippen molar-refractivity contribution in [2.75, 3.05) is 0 Å². The summed E-state index contributed by atoms with van der Waals surface area (Å²) >= 11 is 0. The molecule has 4 unspecified atom stereocenters. The van der Waals surface area contributed by atoms with E-state index in [0.717, 1.165) is 39.6 Å². The second-order valence-electron chi connectivity index (χ2n) is 13.0. The molecular weight excluding hydrogens is 571 g/mol. The van der Waals surface area contributed by atoms with Crippen molar-refractivity contribution in [1.29, 1.82) is 0 Å². The van der Waals surface area contributed by atoms with Crippen LogP contribution in [0.5, 0.6) is 0 Å². The monoisotopic (exact) mass is 603 g/mol. The molecule has 0 saturated heterocycles. The third-order valence-electron chi connectivity index (χ3n) is 10.3. The Balaban J connectivity index is 1.28. The van der Waals surface area contributed by atoms with Gasteiger partial charge in [-0.2, -0.15) is 0 Å². The van der Waals surface area contributed by atoms with Crippen molar-refractivity contribution < 1.29 is 0 Å². The number of benzene rings is 4. The Bertz CT molecular complexity index is 2320. The minimum absolute atomic E-state index is 0.206. The smallest absolute Gasteiger partial charge is 0.160 e. The molecule has 2 heterocycles. The van der Waals surface area contributed by atoms with Gasteiger partial charge in [-0.3, -0.25) is 4.98 Å². The number of nitrogens with zero attached hydrogens (tertiary/aromatic N) is 3. The third-order valence-corrected chi connectivity index (χ3v) is 10.3. The highest BCUT2D eigenvalue weighted by molar-refractivity contribution is 6.13. The van der Waals surface area contributed by atoms with E-state index in [9.17, 15) is 0 Å². The van der Waals surface area contributed by atoms with Crippen molar-refractivity contribution in [3.05, 3.63) is 170 Å². The van der Waals surface area contributed by atoms with Crippen molar-refractivity contribution >= 4 is 27.1 Å². The molecular formula is C44H33N3.